The van der Waals surface area contributed by atoms with Gasteiger partial charge < -0.3 is 5.11 Å². The normalized spacial score (nSPS) is 11.3. The zero-order valence-corrected chi connectivity index (χ0v) is 11.0. The van der Waals surface area contributed by atoms with Crippen LogP contribution >= 0.6 is 11.6 Å². The quantitative estimate of drug-likeness (QED) is 0.857. The number of anilines is 1. The fourth-order valence-corrected chi connectivity index (χ4v) is 2.77. The molecule has 0 saturated carbocycles. The molecular formula is C12H9ClFNO3S. The highest BCUT2D eigenvalue weighted by molar-refractivity contribution is 7.92. The van der Waals surface area contributed by atoms with Crippen LogP contribution in [0.25, 0.3) is 0 Å². The van der Waals surface area contributed by atoms with E-state index in [0.29, 0.717) is 0 Å². The van der Waals surface area contributed by atoms with Crippen LogP contribution in [0.3, 0.4) is 0 Å². The number of rotatable bonds is 3. The van der Waals surface area contributed by atoms with Crippen LogP contribution in [-0.4, -0.2) is 13.5 Å². The minimum absolute atomic E-state index is 0.115. The van der Waals surface area contributed by atoms with E-state index in [0.717, 1.165) is 12.1 Å². The highest BCUT2D eigenvalue weighted by atomic mass is 35.5. The Morgan fingerprint density at radius 1 is 1.16 bits per heavy atom. The number of nitrogens with one attached hydrogen (secondary N) is 1. The SMILES string of the molecule is O=S(=O)(Nc1cc(Cl)ccc1O)c1ccccc1F. The van der Waals surface area contributed by atoms with Crippen LogP contribution in [0.15, 0.2) is 47.4 Å². The fourth-order valence-electron chi connectivity index (χ4n) is 1.45. The van der Waals surface area contributed by atoms with E-state index in [4.69, 9.17) is 11.6 Å². The number of hydrogen-bond acceptors (Lipinski definition) is 3. The number of sulfonamides is 1. The van der Waals surface area contributed by atoms with Crippen LogP contribution < -0.4 is 4.72 Å². The van der Waals surface area contributed by atoms with Gasteiger partial charge in [0.2, 0.25) is 0 Å². The highest BCUT2D eigenvalue weighted by Crippen LogP contribution is 2.29. The number of phenolic OH excluding ortho intramolecular Hbond substituents is 1. The number of aromatic hydroxyl groups is 1. The first-order valence-electron chi connectivity index (χ1n) is 5.16. The maximum atomic E-state index is 13.5. The molecule has 2 rings (SSSR count). The van der Waals surface area contributed by atoms with Gasteiger partial charge in [0.1, 0.15) is 16.5 Å². The van der Waals surface area contributed by atoms with Crippen molar-refractivity contribution in [3.05, 3.63) is 53.3 Å². The van der Waals surface area contributed by atoms with Crippen LogP contribution in [0.1, 0.15) is 0 Å². The molecule has 2 aromatic rings. The summed E-state index contributed by atoms with van der Waals surface area (Å²) >= 11 is 5.70. The first-order valence-corrected chi connectivity index (χ1v) is 7.02. The molecule has 0 atom stereocenters. The van der Waals surface area contributed by atoms with Crippen LogP contribution in [0.2, 0.25) is 5.02 Å². The zero-order chi connectivity index (χ0) is 14.0. The molecule has 0 saturated heterocycles. The van der Waals surface area contributed by atoms with Crippen molar-refractivity contribution in [2.45, 2.75) is 4.90 Å². The van der Waals surface area contributed by atoms with Crippen molar-refractivity contribution < 1.29 is 17.9 Å². The van der Waals surface area contributed by atoms with Gasteiger partial charge in [-0.3, -0.25) is 4.72 Å². The maximum absolute atomic E-state index is 13.5. The Morgan fingerprint density at radius 2 is 1.84 bits per heavy atom. The monoisotopic (exact) mass is 301 g/mol. The predicted octanol–water partition coefficient (Wildman–Crippen LogP) is 2.99. The summed E-state index contributed by atoms with van der Waals surface area (Å²) in [7, 11) is -4.13. The molecule has 0 spiro atoms. The molecule has 4 nitrogen and oxygen atoms in total. The molecule has 2 N–H and O–H groups in total. The predicted molar refractivity (Wildman–Crippen MR) is 70.3 cm³/mol. The van der Waals surface area contributed by atoms with Gasteiger partial charge in [0.05, 0.1) is 5.69 Å². The zero-order valence-electron chi connectivity index (χ0n) is 9.47. The molecule has 0 fully saturated rings. The van der Waals surface area contributed by atoms with Crippen molar-refractivity contribution in [3.63, 3.8) is 0 Å². The molecule has 0 aliphatic carbocycles. The lowest BCUT2D eigenvalue weighted by Crippen LogP contribution is -2.14. The molecule has 0 heterocycles. The van der Waals surface area contributed by atoms with Crippen molar-refractivity contribution in [3.8, 4) is 5.75 Å². The van der Waals surface area contributed by atoms with Gasteiger partial charge in [0, 0.05) is 5.02 Å². The fraction of sp³-hybridized carbons (Fsp3) is 0. The van der Waals surface area contributed by atoms with Gasteiger partial charge in [0.15, 0.2) is 0 Å². The first-order chi connectivity index (χ1) is 8.90. The lowest BCUT2D eigenvalue weighted by molar-refractivity contribution is 0.477. The van der Waals surface area contributed by atoms with Gasteiger partial charge in [-0.2, -0.15) is 0 Å². The van der Waals surface area contributed by atoms with E-state index in [1.807, 2.05) is 0 Å². The number of phenols is 1. The second kappa shape index (κ2) is 5.07. The summed E-state index contributed by atoms with van der Waals surface area (Å²) in [6.45, 7) is 0. The Morgan fingerprint density at radius 3 is 2.53 bits per heavy atom. The number of hydrogen-bond donors (Lipinski definition) is 2. The van der Waals surface area contributed by atoms with Crippen LogP contribution in [-0.2, 0) is 10.0 Å². The topological polar surface area (TPSA) is 66.4 Å². The van der Waals surface area contributed by atoms with Crippen molar-refractivity contribution in [2.24, 2.45) is 0 Å². The Bertz CT molecular complexity index is 719. The molecular weight excluding hydrogens is 293 g/mol. The molecule has 7 heteroatoms. The Hall–Kier alpha value is -1.79. The lowest BCUT2D eigenvalue weighted by Gasteiger charge is -2.10. The summed E-state index contributed by atoms with van der Waals surface area (Å²) in [6, 6.07) is 8.81. The average Bonchev–Trinajstić information content (AvgIpc) is 2.34. The molecule has 100 valence electrons. The summed E-state index contributed by atoms with van der Waals surface area (Å²) < 4.78 is 39.5. The standard InChI is InChI=1S/C12H9ClFNO3S/c13-8-5-6-11(16)10(7-8)15-19(17,18)12-4-2-1-3-9(12)14/h1-7,15-16H. The van der Waals surface area contributed by atoms with E-state index in [9.17, 15) is 17.9 Å². The number of halogens is 2. The van der Waals surface area contributed by atoms with E-state index in [2.05, 4.69) is 4.72 Å². The summed E-state index contributed by atoms with van der Waals surface area (Å²) in [5.41, 5.74) is -0.115. The third-order valence-electron chi connectivity index (χ3n) is 2.33. The van der Waals surface area contributed by atoms with Crippen molar-refractivity contribution in [1.82, 2.24) is 0 Å². The number of benzene rings is 2. The molecule has 0 aromatic heterocycles. The molecule has 0 radical (unpaired) electrons. The van der Waals surface area contributed by atoms with Crippen molar-refractivity contribution in [1.29, 1.82) is 0 Å². The second-order valence-corrected chi connectivity index (χ2v) is 5.78. The minimum Gasteiger partial charge on any atom is -0.506 e. The third-order valence-corrected chi connectivity index (χ3v) is 3.96. The molecule has 0 amide bonds. The molecule has 0 bridgehead atoms. The molecule has 19 heavy (non-hydrogen) atoms. The van der Waals surface area contributed by atoms with Gasteiger partial charge in [-0.15, -0.1) is 0 Å². The van der Waals surface area contributed by atoms with E-state index in [1.54, 1.807) is 0 Å². The average molecular weight is 302 g/mol. The largest absolute Gasteiger partial charge is 0.506 e. The summed E-state index contributed by atoms with van der Waals surface area (Å²) in [4.78, 5) is -0.505. The van der Waals surface area contributed by atoms with Crippen LogP contribution in [0, 0.1) is 5.82 Å². The van der Waals surface area contributed by atoms with Crippen LogP contribution in [0.5, 0.6) is 5.75 Å². The third kappa shape index (κ3) is 2.97. The molecule has 2 aromatic carbocycles. The first kappa shape index (κ1) is 13.6. The van der Waals surface area contributed by atoms with E-state index >= 15 is 0 Å². The smallest absolute Gasteiger partial charge is 0.264 e. The van der Waals surface area contributed by atoms with E-state index in [-0.39, 0.29) is 16.5 Å². The highest BCUT2D eigenvalue weighted by Gasteiger charge is 2.19. The Labute approximate surface area is 114 Å². The van der Waals surface area contributed by atoms with E-state index < -0.39 is 20.7 Å². The van der Waals surface area contributed by atoms with Crippen molar-refractivity contribution in [2.75, 3.05) is 4.72 Å². The molecule has 0 aliphatic rings. The van der Waals surface area contributed by atoms with Gasteiger partial charge >= 0.3 is 0 Å². The van der Waals surface area contributed by atoms with Crippen LogP contribution in [0.4, 0.5) is 10.1 Å². The van der Waals surface area contributed by atoms with Gasteiger partial charge in [-0.1, -0.05) is 23.7 Å². The summed E-state index contributed by atoms with van der Waals surface area (Å²) in [5.74, 6) is -1.18. The maximum Gasteiger partial charge on any atom is 0.264 e. The lowest BCUT2D eigenvalue weighted by atomic mass is 10.3. The van der Waals surface area contributed by atoms with E-state index in [1.165, 1.54) is 30.3 Å². The van der Waals surface area contributed by atoms with Gasteiger partial charge in [-0.25, -0.2) is 12.8 Å². The Kier molecular flexibility index (Phi) is 3.64. The van der Waals surface area contributed by atoms with Gasteiger partial charge in [0.25, 0.3) is 10.0 Å². The summed E-state index contributed by atoms with van der Waals surface area (Å²) in [6.07, 6.45) is 0. The second-order valence-electron chi connectivity index (χ2n) is 3.70. The van der Waals surface area contributed by atoms with Crippen molar-refractivity contribution >= 4 is 27.3 Å². The molecule has 0 unspecified atom stereocenters. The molecule has 0 aliphatic heterocycles. The van der Waals surface area contributed by atoms with Gasteiger partial charge in [-0.05, 0) is 30.3 Å². The summed E-state index contributed by atoms with van der Waals surface area (Å²) in [5, 5.41) is 9.78. The Balaban J connectivity index is 2.43. The minimum atomic E-state index is -4.13.